The van der Waals surface area contributed by atoms with E-state index in [4.69, 9.17) is 9.31 Å². The highest BCUT2D eigenvalue weighted by atomic mass is 16.7. The Kier molecular flexibility index (Phi) is 3.68. The molecule has 0 aliphatic carbocycles. The molecule has 1 aliphatic heterocycles. The number of carbonyl (C=O) groups excluding carboxylic acids is 1. The minimum absolute atomic E-state index is 0.207. The predicted octanol–water partition coefficient (Wildman–Crippen LogP) is 0.994. The van der Waals surface area contributed by atoms with Crippen molar-refractivity contribution in [3.63, 3.8) is 0 Å². The largest absolute Gasteiger partial charge is 0.496 e. The molecule has 104 valence electrons. The molecule has 0 aromatic carbocycles. The first-order valence-corrected chi connectivity index (χ1v) is 6.49. The second-order valence-corrected chi connectivity index (χ2v) is 5.83. The Balaban J connectivity index is 2.40. The minimum atomic E-state index is -0.622. The molecule has 0 saturated carbocycles. The summed E-state index contributed by atoms with van der Waals surface area (Å²) in [7, 11) is -0.622. The quantitative estimate of drug-likeness (QED) is 0.606. The minimum Gasteiger partial charge on any atom is -0.399 e. The van der Waals surface area contributed by atoms with Crippen LogP contribution in [0.4, 0.5) is 0 Å². The third-order valence-electron chi connectivity index (χ3n) is 3.91. The third-order valence-corrected chi connectivity index (χ3v) is 3.91. The smallest absolute Gasteiger partial charge is 0.399 e. The summed E-state index contributed by atoms with van der Waals surface area (Å²) in [6.45, 7) is 7.80. The summed E-state index contributed by atoms with van der Waals surface area (Å²) in [6, 6.07) is 3.79. The highest BCUT2D eigenvalue weighted by Crippen LogP contribution is 2.36. The standard InChI is InChI=1S/C14H17BN2O3/c1-13(2)14(3,4)20-15(19-13)12-7-11(5-6-18)17-9-10(12)8-16/h6-7,9H,5H2,1-4H3. The van der Waals surface area contributed by atoms with Gasteiger partial charge in [-0.2, -0.15) is 5.26 Å². The van der Waals surface area contributed by atoms with Gasteiger partial charge in [-0.1, -0.05) is 0 Å². The van der Waals surface area contributed by atoms with Crippen molar-refractivity contribution in [2.45, 2.75) is 45.3 Å². The lowest BCUT2D eigenvalue weighted by Gasteiger charge is -2.32. The number of nitrogens with zero attached hydrogens (tertiary/aromatic N) is 2. The molecule has 1 aromatic heterocycles. The number of pyridine rings is 1. The van der Waals surface area contributed by atoms with Gasteiger partial charge in [0.15, 0.2) is 0 Å². The molecule has 6 heteroatoms. The molecule has 1 aliphatic rings. The second-order valence-electron chi connectivity index (χ2n) is 5.83. The topological polar surface area (TPSA) is 72.2 Å². The van der Waals surface area contributed by atoms with Crippen molar-refractivity contribution in [3.8, 4) is 6.07 Å². The Bertz CT molecular complexity index is 562. The maximum absolute atomic E-state index is 10.6. The van der Waals surface area contributed by atoms with Crippen molar-refractivity contribution in [2.24, 2.45) is 0 Å². The molecule has 0 N–H and O–H groups in total. The van der Waals surface area contributed by atoms with Crippen LogP contribution in [0.2, 0.25) is 0 Å². The van der Waals surface area contributed by atoms with Crippen LogP contribution >= 0.6 is 0 Å². The van der Waals surface area contributed by atoms with Crippen molar-refractivity contribution >= 4 is 18.9 Å². The number of aromatic nitrogens is 1. The average Bonchev–Trinajstić information content (AvgIpc) is 2.59. The summed E-state index contributed by atoms with van der Waals surface area (Å²) in [6.07, 6.45) is 2.44. The Labute approximate surface area is 119 Å². The van der Waals surface area contributed by atoms with E-state index >= 15 is 0 Å². The molecule has 5 nitrogen and oxygen atoms in total. The Hall–Kier alpha value is -1.71. The third kappa shape index (κ3) is 2.47. The molecule has 2 rings (SSSR count). The van der Waals surface area contributed by atoms with Crippen LogP contribution in [-0.2, 0) is 20.5 Å². The van der Waals surface area contributed by atoms with Gasteiger partial charge < -0.3 is 14.1 Å². The van der Waals surface area contributed by atoms with E-state index in [9.17, 15) is 10.1 Å². The van der Waals surface area contributed by atoms with Gasteiger partial charge in [-0.05, 0) is 33.8 Å². The van der Waals surface area contributed by atoms with Gasteiger partial charge in [-0.25, -0.2) is 0 Å². The molecule has 0 unspecified atom stereocenters. The zero-order chi connectivity index (χ0) is 15.0. The molecular formula is C14H17BN2O3. The van der Waals surface area contributed by atoms with Crippen LogP contribution < -0.4 is 5.46 Å². The Morgan fingerprint density at radius 1 is 1.35 bits per heavy atom. The van der Waals surface area contributed by atoms with Gasteiger partial charge >= 0.3 is 7.12 Å². The van der Waals surface area contributed by atoms with Gasteiger partial charge in [0.05, 0.1) is 16.8 Å². The van der Waals surface area contributed by atoms with Crippen LogP contribution in [-0.4, -0.2) is 29.6 Å². The lowest BCUT2D eigenvalue weighted by molar-refractivity contribution is -0.107. The van der Waals surface area contributed by atoms with E-state index in [0.29, 0.717) is 16.7 Å². The average molecular weight is 272 g/mol. The normalized spacial score (nSPS) is 19.6. The van der Waals surface area contributed by atoms with E-state index in [1.54, 1.807) is 6.07 Å². The second kappa shape index (κ2) is 5.00. The molecule has 0 radical (unpaired) electrons. The zero-order valence-electron chi connectivity index (χ0n) is 12.1. The van der Waals surface area contributed by atoms with Gasteiger partial charge in [-0.15, -0.1) is 0 Å². The van der Waals surface area contributed by atoms with Crippen LogP contribution in [0, 0.1) is 11.3 Å². The first-order chi connectivity index (χ1) is 9.30. The molecule has 2 heterocycles. The fourth-order valence-corrected chi connectivity index (χ4v) is 1.97. The van der Waals surface area contributed by atoms with E-state index < -0.39 is 18.3 Å². The molecule has 1 saturated heterocycles. The van der Waals surface area contributed by atoms with E-state index in [-0.39, 0.29) is 6.42 Å². The molecule has 0 spiro atoms. The maximum atomic E-state index is 10.6. The summed E-state index contributed by atoms with van der Waals surface area (Å²) >= 11 is 0. The van der Waals surface area contributed by atoms with Gasteiger partial charge in [0, 0.05) is 23.8 Å². The van der Waals surface area contributed by atoms with Gasteiger partial charge in [-0.3, -0.25) is 4.98 Å². The molecule has 1 fully saturated rings. The number of aldehydes is 1. The Morgan fingerprint density at radius 3 is 2.45 bits per heavy atom. The van der Waals surface area contributed by atoms with Gasteiger partial charge in [0.1, 0.15) is 12.4 Å². The van der Waals surface area contributed by atoms with Crippen molar-refractivity contribution < 1.29 is 14.1 Å². The fourth-order valence-electron chi connectivity index (χ4n) is 1.97. The predicted molar refractivity (Wildman–Crippen MR) is 74.4 cm³/mol. The number of hydrogen-bond acceptors (Lipinski definition) is 5. The molecule has 20 heavy (non-hydrogen) atoms. The van der Waals surface area contributed by atoms with Gasteiger partial charge in [0.25, 0.3) is 0 Å². The first-order valence-electron chi connectivity index (χ1n) is 6.49. The zero-order valence-corrected chi connectivity index (χ0v) is 12.1. The number of nitriles is 1. The summed E-state index contributed by atoms with van der Waals surface area (Å²) in [5, 5.41) is 9.19. The van der Waals surface area contributed by atoms with E-state index in [0.717, 1.165) is 6.29 Å². The van der Waals surface area contributed by atoms with E-state index in [2.05, 4.69) is 11.1 Å². The Morgan fingerprint density at radius 2 is 1.95 bits per heavy atom. The fraction of sp³-hybridized carbons (Fsp3) is 0.500. The monoisotopic (exact) mass is 272 g/mol. The van der Waals surface area contributed by atoms with Crippen LogP contribution in [0.15, 0.2) is 12.3 Å². The summed E-state index contributed by atoms with van der Waals surface area (Å²) < 4.78 is 11.9. The molecule has 1 aromatic rings. The molecule has 0 bridgehead atoms. The SMILES string of the molecule is CC1(C)OB(c2cc(CC=O)ncc2C#N)OC1(C)C. The van der Waals surface area contributed by atoms with Crippen molar-refractivity contribution in [3.05, 3.63) is 23.5 Å². The molecule has 0 atom stereocenters. The van der Waals surface area contributed by atoms with E-state index in [1.165, 1.54) is 6.20 Å². The highest BCUT2D eigenvalue weighted by Gasteiger charge is 2.52. The number of carbonyl (C=O) groups is 1. The van der Waals surface area contributed by atoms with Crippen molar-refractivity contribution in [1.29, 1.82) is 5.26 Å². The summed E-state index contributed by atoms with van der Waals surface area (Å²) in [4.78, 5) is 14.7. The molecular weight excluding hydrogens is 255 g/mol. The summed E-state index contributed by atoms with van der Waals surface area (Å²) in [5.41, 5.74) is 0.677. The summed E-state index contributed by atoms with van der Waals surface area (Å²) in [5.74, 6) is 0. The van der Waals surface area contributed by atoms with Crippen LogP contribution in [0.25, 0.3) is 0 Å². The van der Waals surface area contributed by atoms with Gasteiger partial charge in [0.2, 0.25) is 0 Å². The maximum Gasteiger partial charge on any atom is 0.496 e. The molecule has 0 amide bonds. The first kappa shape index (κ1) is 14.7. The lowest BCUT2D eigenvalue weighted by atomic mass is 9.76. The van der Waals surface area contributed by atoms with Crippen molar-refractivity contribution in [2.75, 3.05) is 0 Å². The van der Waals surface area contributed by atoms with Crippen LogP contribution in [0.5, 0.6) is 0 Å². The number of rotatable bonds is 3. The van der Waals surface area contributed by atoms with Crippen molar-refractivity contribution in [1.82, 2.24) is 4.98 Å². The lowest BCUT2D eigenvalue weighted by Crippen LogP contribution is -2.41. The van der Waals surface area contributed by atoms with Crippen LogP contribution in [0.3, 0.4) is 0 Å². The van der Waals surface area contributed by atoms with E-state index in [1.807, 2.05) is 27.7 Å². The van der Waals surface area contributed by atoms with Crippen LogP contribution in [0.1, 0.15) is 39.0 Å². The highest BCUT2D eigenvalue weighted by molar-refractivity contribution is 6.62. The number of hydrogen-bond donors (Lipinski definition) is 0.